The zero-order valence-electron chi connectivity index (χ0n) is 17.9. The monoisotopic (exact) mass is 452 g/mol. The molecule has 3 aromatic rings. The van der Waals surface area contributed by atoms with Gasteiger partial charge in [0.15, 0.2) is 20.7 Å². The SMILES string of the molecule is C#CCC(=O)N1C[C@@H](C)C[C@@H](Nc2c(-c3nccc(S(C)(=O)=O)n3)cnc3[nH]ccc23)C1. The maximum absolute atomic E-state index is 12.4. The number of rotatable bonds is 5. The van der Waals surface area contributed by atoms with Crippen LogP contribution in [0.5, 0.6) is 0 Å². The lowest BCUT2D eigenvalue weighted by Gasteiger charge is -2.37. The minimum Gasteiger partial charge on any atom is -0.379 e. The number of likely N-dealkylation sites (tertiary alicyclic amines) is 1. The van der Waals surface area contributed by atoms with Crippen LogP contribution in [0.2, 0.25) is 0 Å². The van der Waals surface area contributed by atoms with Crippen molar-refractivity contribution in [3.63, 3.8) is 0 Å². The number of terminal acetylenes is 1. The lowest BCUT2D eigenvalue weighted by atomic mass is 9.95. The molecule has 1 saturated heterocycles. The number of amides is 1. The highest BCUT2D eigenvalue weighted by atomic mass is 32.2. The number of carbonyl (C=O) groups is 1. The summed E-state index contributed by atoms with van der Waals surface area (Å²) < 4.78 is 24.0. The predicted molar refractivity (Wildman–Crippen MR) is 121 cm³/mol. The number of H-pyrrole nitrogens is 1. The molecule has 4 rings (SSSR count). The zero-order valence-corrected chi connectivity index (χ0v) is 18.7. The first-order valence-electron chi connectivity index (χ1n) is 10.2. The van der Waals surface area contributed by atoms with Crippen LogP contribution in [0, 0.1) is 18.3 Å². The molecule has 0 bridgehead atoms. The van der Waals surface area contributed by atoms with E-state index in [9.17, 15) is 13.2 Å². The lowest BCUT2D eigenvalue weighted by Crippen LogP contribution is -2.48. The number of hydrogen-bond donors (Lipinski definition) is 2. The van der Waals surface area contributed by atoms with Crippen LogP contribution in [-0.4, -0.2) is 64.5 Å². The third-order valence-corrected chi connectivity index (χ3v) is 6.44. The maximum atomic E-state index is 12.4. The molecular weight excluding hydrogens is 428 g/mol. The second-order valence-electron chi connectivity index (χ2n) is 8.14. The summed E-state index contributed by atoms with van der Waals surface area (Å²) >= 11 is 0. The molecular formula is C22H24N6O3S. The van der Waals surface area contributed by atoms with Gasteiger partial charge in [-0.3, -0.25) is 4.79 Å². The topological polar surface area (TPSA) is 121 Å². The molecule has 2 atom stereocenters. The van der Waals surface area contributed by atoms with Crippen LogP contribution in [0.3, 0.4) is 0 Å². The molecule has 1 aliphatic rings. The van der Waals surface area contributed by atoms with E-state index >= 15 is 0 Å². The molecule has 0 aromatic carbocycles. The average Bonchev–Trinajstić information content (AvgIpc) is 3.22. The van der Waals surface area contributed by atoms with Gasteiger partial charge in [0.25, 0.3) is 0 Å². The van der Waals surface area contributed by atoms with E-state index in [2.05, 4.69) is 38.1 Å². The summed E-state index contributed by atoms with van der Waals surface area (Å²) in [5.41, 5.74) is 2.01. The number of piperidine rings is 1. The molecule has 4 heterocycles. The fraction of sp³-hybridized carbons (Fsp3) is 0.364. The number of pyridine rings is 1. The van der Waals surface area contributed by atoms with Gasteiger partial charge in [-0.1, -0.05) is 12.8 Å². The third kappa shape index (κ3) is 4.43. The van der Waals surface area contributed by atoms with E-state index in [1.165, 1.54) is 12.3 Å². The van der Waals surface area contributed by atoms with Gasteiger partial charge in [0.05, 0.1) is 17.7 Å². The highest BCUT2D eigenvalue weighted by molar-refractivity contribution is 7.90. The summed E-state index contributed by atoms with van der Waals surface area (Å²) in [7, 11) is -3.49. The molecule has 1 amide bonds. The first-order chi connectivity index (χ1) is 15.3. The molecule has 0 saturated carbocycles. The van der Waals surface area contributed by atoms with E-state index in [1.54, 1.807) is 17.3 Å². The standard InChI is InChI=1S/C22H24N6O3S/c1-4-5-19(29)28-12-14(2)10-15(13-28)26-20-16-6-8-23-21(16)25-11-17(20)22-24-9-7-18(27-22)32(3,30)31/h1,6-9,11,14-15H,5,10,12-13H2,2-3H3,(H2,23,25,26)/t14-,15+/m0/s1. The van der Waals surface area contributed by atoms with Crippen LogP contribution >= 0.6 is 0 Å². The largest absolute Gasteiger partial charge is 0.379 e. The van der Waals surface area contributed by atoms with Crippen LogP contribution in [-0.2, 0) is 14.6 Å². The number of fused-ring (bicyclic) bond motifs is 1. The summed E-state index contributed by atoms with van der Waals surface area (Å²) in [5.74, 6) is 2.92. The number of anilines is 1. The Balaban J connectivity index is 1.74. The minimum absolute atomic E-state index is 0.0298. The first-order valence-corrected chi connectivity index (χ1v) is 12.1. The Hall–Kier alpha value is -3.45. The van der Waals surface area contributed by atoms with Gasteiger partial charge in [-0.15, -0.1) is 6.42 Å². The van der Waals surface area contributed by atoms with Crippen LogP contribution in [0.4, 0.5) is 5.69 Å². The van der Waals surface area contributed by atoms with Gasteiger partial charge < -0.3 is 15.2 Å². The highest BCUT2D eigenvalue weighted by Crippen LogP contribution is 2.33. The van der Waals surface area contributed by atoms with Crippen molar-refractivity contribution in [2.45, 2.75) is 30.8 Å². The first kappa shape index (κ1) is 21.8. The Morgan fingerprint density at radius 3 is 2.91 bits per heavy atom. The van der Waals surface area contributed by atoms with Gasteiger partial charge in [0, 0.05) is 49.4 Å². The van der Waals surface area contributed by atoms with Crippen molar-refractivity contribution < 1.29 is 13.2 Å². The summed E-state index contributed by atoms with van der Waals surface area (Å²) in [6, 6.07) is 3.23. The van der Waals surface area contributed by atoms with Gasteiger partial charge in [0.2, 0.25) is 5.91 Å². The number of aromatic nitrogens is 4. The molecule has 10 heteroatoms. The zero-order chi connectivity index (χ0) is 22.9. The summed E-state index contributed by atoms with van der Waals surface area (Å²) in [6.45, 7) is 3.28. The van der Waals surface area contributed by atoms with Crippen molar-refractivity contribution in [3.05, 3.63) is 30.7 Å². The molecule has 1 fully saturated rings. The normalized spacial score (nSPS) is 19.0. The molecule has 32 heavy (non-hydrogen) atoms. The van der Waals surface area contributed by atoms with E-state index in [0.717, 1.165) is 23.8 Å². The Labute approximate surface area is 186 Å². The van der Waals surface area contributed by atoms with E-state index in [-0.39, 0.29) is 29.2 Å². The molecule has 0 spiro atoms. The van der Waals surface area contributed by atoms with Crippen molar-refractivity contribution in [1.82, 2.24) is 24.8 Å². The van der Waals surface area contributed by atoms with Crippen LogP contribution in [0.1, 0.15) is 19.8 Å². The van der Waals surface area contributed by atoms with Gasteiger partial charge in [-0.25, -0.2) is 23.4 Å². The lowest BCUT2D eigenvalue weighted by molar-refractivity contribution is -0.131. The van der Waals surface area contributed by atoms with Crippen LogP contribution in [0.15, 0.2) is 35.7 Å². The third-order valence-electron chi connectivity index (χ3n) is 5.45. The van der Waals surface area contributed by atoms with Crippen molar-refractivity contribution >= 4 is 32.5 Å². The van der Waals surface area contributed by atoms with Gasteiger partial charge in [0.1, 0.15) is 5.65 Å². The summed E-state index contributed by atoms with van der Waals surface area (Å²) in [5, 5.41) is 4.33. The Bertz CT molecular complexity index is 1310. The number of hydrogen-bond acceptors (Lipinski definition) is 7. The van der Waals surface area contributed by atoms with E-state index in [0.29, 0.717) is 30.2 Å². The van der Waals surface area contributed by atoms with Gasteiger partial charge in [-0.2, -0.15) is 0 Å². The quantitative estimate of drug-likeness (QED) is 0.449. The molecule has 2 N–H and O–H groups in total. The van der Waals surface area contributed by atoms with Crippen molar-refractivity contribution in [3.8, 4) is 23.7 Å². The number of aromatic amines is 1. The van der Waals surface area contributed by atoms with Crippen molar-refractivity contribution in [1.29, 1.82) is 0 Å². The van der Waals surface area contributed by atoms with Crippen LogP contribution in [0.25, 0.3) is 22.4 Å². The molecule has 9 nitrogen and oxygen atoms in total. The molecule has 3 aromatic heterocycles. The molecule has 0 radical (unpaired) electrons. The fourth-order valence-corrected chi connectivity index (χ4v) is 4.63. The Morgan fingerprint density at radius 1 is 1.34 bits per heavy atom. The second-order valence-corrected chi connectivity index (χ2v) is 10.1. The second kappa shape index (κ2) is 8.59. The molecule has 0 unspecified atom stereocenters. The van der Waals surface area contributed by atoms with E-state index in [4.69, 9.17) is 6.42 Å². The summed E-state index contributed by atoms with van der Waals surface area (Å²) in [4.78, 5) is 30.3. The molecule has 166 valence electrons. The summed E-state index contributed by atoms with van der Waals surface area (Å²) in [6.07, 6.45) is 12.2. The van der Waals surface area contributed by atoms with Crippen molar-refractivity contribution in [2.24, 2.45) is 5.92 Å². The minimum atomic E-state index is -3.49. The highest BCUT2D eigenvalue weighted by Gasteiger charge is 2.29. The Morgan fingerprint density at radius 2 is 2.16 bits per heavy atom. The van der Waals surface area contributed by atoms with Crippen molar-refractivity contribution in [2.75, 3.05) is 24.7 Å². The molecule has 0 aliphatic carbocycles. The number of sulfone groups is 1. The van der Waals surface area contributed by atoms with Gasteiger partial charge in [-0.05, 0) is 24.5 Å². The average molecular weight is 453 g/mol. The number of nitrogens with zero attached hydrogens (tertiary/aromatic N) is 4. The smallest absolute Gasteiger partial charge is 0.234 e. The fourth-order valence-electron chi connectivity index (χ4n) is 4.07. The van der Waals surface area contributed by atoms with Crippen LogP contribution < -0.4 is 5.32 Å². The number of nitrogens with one attached hydrogen (secondary N) is 2. The maximum Gasteiger partial charge on any atom is 0.234 e. The number of carbonyl (C=O) groups excluding carboxylic acids is 1. The van der Waals surface area contributed by atoms with E-state index in [1.807, 2.05) is 6.07 Å². The van der Waals surface area contributed by atoms with E-state index < -0.39 is 9.84 Å². The Kier molecular flexibility index (Phi) is 5.84. The predicted octanol–water partition coefficient (Wildman–Crippen LogP) is 2.10. The van der Waals surface area contributed by atoms with Gasteiger partial charge >= 0.3 is 0 Å². The molecule has 1 aliphatic heterocycles.